The van der Waals surface area contributed by atoms with Crippen molar-refractivity contribution >= 4 is 5.69 Å². The Bertz CT molecular complexity index is 435. The van der Waals surface area contributed by atoms with E-state index in [4.69, 9.17) is 4.74 Å². The van der Waals surface area contributed by atoms with E-state index in [-0.39, 0.29) is 10.6 Å². The molecule has 0 spiro atoms. The van der Waals surface area contributed by atoms with Crippen molar-refractivity contribution in [3.8, 4) is 5.75 Å². The van der Waals surface area contributed by atoms with Gasteiger partial charge in [0.1, 0.15) is 0 Å². The number of nitrogens with zero attached hydrogens (tertiary/aromatic N) is 1. The molecule has 1 rings (SSSR count). The average molecular weight is 280 g/mol. The molecule has 1 unspecified atom stereocenters. The normalized spacial score (nSPS) is 12.2. The number of rotatable bonds is 9. The van der Waals surface area contributed by atoms with Crippen molar-refractivity contribution in [1.82, 2.24) is 5.32 Å². The molecule has 0 aromatic heterocycles. The quantitative estimate of drug-likeness (QED) is 0.428. The lowest BCUT2D eigenvalue weighted by Gasteiger charge is -2.14. The first-order chi connectivity index (χ1) is 9.58. The third-order valence-electron chi connectivity index (χ3n) is 3.07. The minimum Gasteiger partial charge on any atom is -0.486 e. The van der Waals surface area contributed by atoms with Crippen LogP contribution in [0.5, 0.6) is 5.75 Å². The molecule has 112 valence electrons. The van der Waals surface area contributed by atoms with Crippen molar-refractivity contribution in [3.05, 3.63) is 33.9 Å². The lowest BCUT2D eigenvalue weighted by Crippen LogP contribution is -2.25. The molecule has 0 aliphatic carbocycles. The van der Waals surface area contributed by atoms with E-state index in [1.807, 2.05) is 13.0 Å². The summed E-state index contributed by atoms with van der Waals surface area (Å²) >= 11 is 0. The molecule has 1 aromatic rings. The number of aryl methyl sites for hydroxylation is 1. The Kier molecular flexibility index (Phi) is 7.01. The Balaban J connectivity index is 2.60. The number of hydrogen-bond acceptors (Lipinski definition) is 4. The summed E-state index contributed by atoms with van der Waals surface area (Å²) in [6.07, 6.45) is 1.87. The highest BCUT2D eigenvalue weighted by Gasteiger charge is 2.16. The van der Waals surface area contributed by atoms with E-state index in [0.29, 0.717) is 18.3 Å². The van der Waals surface area contributed by atoms with Crippen LogP contribution in [0.15, 0.2) is 18.2 Å². The van der Waals surface area contributed by atoms with E-state index in [2.05, 4.69) is 19.2 Å². The lowest BCUT2D eigenvalue weighted by molar-refractivity contribution is -0.386. The molecule has 20 heavy (non-hydrogen) atoms. The summed E-state index contributed by atoms with van der Waals surface area (Å²) in [5, 5.41) is 14.4. The van der Waals surface area contributed by atoms with Gasteiger partial charge in [0.15, 0.2) is 5.75 Å². The molecule has 0 radical (unpaired) electrons. The molecule has 0 saturated carbocycles. The predicted octanol–water partition coefficient (Wildman–Crippen LogP) is 3.17. The van der Waals surface area contributed by atoms with Crippen LogP contribution in [0, 0.1) is 16.0 Å². The zero-order chi connectivity index (χ0) is 15.0. The summed E-state index contributed by atoms with van der Waals surface area (Å²) in [4.78, 5) is 10.7. The molecular formula is C15H24N2O3. The summed E-state index contributed by atoms with van der Waals surface area (Å²) in [5.41, 5.74) is 1.000. The van der Waals surface area contributed by atoms with Gasteiger partial charge in [-0.05, 0) is 31.0 Å². The zero-order valence-electron chi connectivity index (χ0n) is 12.5. The largest absolute Gasteiger partial charge is 0.486 e. The Hall–Kier alpha value is -1.62. The zero-order valence-corrected chi connectivity index (χ0v) is 12.5. The fourth-order valence-electron chi connectivity index (χ4n) is 1.86. The second-order valence-electron chi connectivity index (χ2n) is 5.03. The van der Waals surface area contributed by atoms with Gasteiger partial charge in [0.2, 0.25) is 0 Å². The lowest BCUT2D eigenvalue weighted by atomic mass is 10.1. The first-order valence-electron chi connectivity index (χ1n) is 7.19. The molecule has 0 fully saturated rings. The van der Waals surface area contributed by atoms with E-state index in [0.717, 1.165) is 31.5 Å². The van der Waals surface area contributed by atoms with Crippen LogP contribution in [0.3, 0.4) is 0 Å². The summed E-state index contributed by atoms with van der Waals surface area (Å²) in [6, 6.07) is 5.17. The van der Waals surface area contributed by atoms with Gasteiger partial charge in [-0.3, -0.25) is 10.1 Å². The predicted molar refractivity (Wildman–Crippen MR) is 80.3 cm³/mol. The van der Waals surface area contributed by atoms with Crippen LogP contribution in [-0.4, -0.2) is 24.6 Å². The molecule has 5 nitrogen and oxygen atoms in total. The average Bonchev–Trinajstić information content (AvgIpc) is 2.45. The van der Waals surface area contributed by atoms with Crippen LogP contribution in [0.2, 0.25) is 0 Å². The third kappa shape index (κ3) is 5.17. The molecule has 0 bridgehead atoms. The fraction of sp³-hybridized carbons (Fsp3) is 0.600. The summed E-state index contributed by atoms with van der Waals surface area (Å²) in [6.45, 7) is 8.47. The van der Waals surface area contributed by atoms with Crippen LogP contribution in [0.4, 0.5) is 5.69 Å². The first kappa shape index (κ1) is 16.4. The van der Waals surface area contributed by atoms with E-state index >= 15 is 0 Å². The molecule has 0 aliphatic rings. The van der Waals surface area contributed by atoms with E-state index < -0.39 is 0 Å². The van der Waals surface area contributed by atoms with Gasteiger partial charge < -0.3 is 10.1 Å². The first-order valence-corrected chi connectivity index (χ1v) is 7.19. The Morgan fingerprint density at radius 3 is 2.75 bits per heavy atom. The van der Waals surface area contributed by atoms with Crippen molar-refractivity contribution in [3.63, 3.8) is 0 Å². The summed E-state index contributed by atoms with van der Waals surface area (Å²) in [5.74, 6) is 0.668. The second kappa shape index (κ2) is 8.53. The van der Waals surface area contributed by atoms with Crippen LogP contribution in [0.1, 0.15) is 32.8 Å². The Morgan fingerprint density at radius 2 is 2.15 bits per heavy atom. The van der Waals surface area contributed by atoms with Gasteiger partial charge in [-0.15, -0.1) is 0 Å². The Labute approximate surface area is 120 Å². The highest BCUT2D eigenvalue weighted by atomic mass is 16.6. The van der Waals surface area contributed by atoms with E-state index in [1.54, 1.807) is 12.1 Å². The molecule has 1 N–H and O–H groups in total. The molecule has 5 heteroatoms. The van der Waals surface area contributed by atoms with Gasteiger partial charge in [0, 0.05) is 18.5 Å². The number of benzene rings is 1. The van der Waals surface area contributed by atoms with Crippen LogP contribution < -0.4 is 10.1 Å². The molecule has 0 aliphatic heterocycles. The Morgan fingerprint density at radius 1 is 1.40 bits per heavy atom. The van der Waals surface area contributed by atoms with Crippen molar-refractivity contribution in [2.75, 3.05) is 19.7 Å². The van der Waals surface area contributed by atoms with Crippen molar-refractivity contribution in [2.24, 2.45) is 5.92 Å². The number of nitro groups is 1. The minimum atomic E-state index is -0.380. The number of ether oxygens (including phenoxy) is 1. The van der Waals surface area contributed by atoms with Crippen molar-refractivity contribution < 1.29 is 9.66 Å². The third-order valence-corrected chi connectivity index (χ3v) is 3.07. The van der Waals surface area contributed by atoms with E-state index in [1.165, 1.54) is 0 Å². The maximum atomic E-state index is 11.1. The number of hydrogen-bond donors (Lipinski definition) is 1. The highest BCUT2D eigenvalue weighted by Crippen LogP contribution is 2.28. The molecule has 1 atom stereocenters. The smallest absolute Gasteiger partial charge is 0.311 e. The maximum absolute atomic E-state index is 11.1. The second-order valence-corrected chi connectivity index (χ2v) is 5.03. The van der Waals surface area contributed by atoms with Crippen LogP contribution in [-0.2, 0) is 6.42 Å². The van der Waals surface area contributed by atoms with Crippen molar-refractivity contribution in [1.29, 1.82) is 0 Å². The van der Waals surface area contributed by atoms with Crippen LogP contribution in [0.25, 0.3) is 0 Å². The molecule has 0 heterocycles. The van der Waals surface area contributed by atoms with Gasteiger partial charge in [-0.1, -0.05) is 26.8 Å². The number of nitro benzene ring substituents is 1. The highest BCUT2D eigenvalue weighted by molar-refractivity contribution is 5.48. The van der Waals surface area contributed by atoms with Gasteiger partial charge in [-0.25, -0.2) is 0 Å². The van der Waals surface area contributed by atoms with Crippen molar-refractivity contribution in [2.45, 2.75) is 33.6 Å². The van der Waals surface area contributed by atoms with Crippen LogP contribution >= 0.6 is 0 Å². The standard InChI is InChI=1S/C15H24N2O3/c1-4-8-16-10-12(3)11-20-15-7-6-13(5-2)9-14(15)17(18)19/h6-7,9,12,16H,4-5,8,10-11H2,1-3H3. The van der Waals surface area contributed by atoms with Gasteiger partial charge in [-0.2, -0.15) is 0 Å². The molecule has 0 amide bonds. The van der Waals surface area contributed by atoms with E-state index in [9.17, 15) is 10.1 Å². The number of nitrogens with one attached hydrogen (secondary N) is 1. The molecular weight excluding hydrogens is 256 g/mol. The topological polar surface area (TPSA) is 64.4 Å². The molecule has 1 aromatic carbocycles. The summed E-state index contributed by atoms with van der Waals surface area (Å²) < 4.78 is 5.61. The fourth-order valence-corrected chi connectivity index (χ4v) is 1.86. The minimum absolute atomic E-state index is 0.0538. The maximum Gasteiger partial charge on any atom is 0.311 e. The molecule has 0 saturated heterocycles. The van der Waals surface area contributed by atoms with Gasteiger partial charge in [0.25, 0.3) is 0 Å². The SMILES string of the molecule is CCCNCC(C)COc1ccc(CC)cc1[N+](=O)[O-]. The monoisotopic (exact) mass is 280 g/mol. The summed E-state index contributed by atoms with van der Waals surface area (Å²) in [7, 11) is 0. The van der Waals surface area contributed by atoms with Gasteiger partial charge in [0.05, 0.1) is 11.5 Å². The van der Waals surface area contributed by atoms with Gasteiger partial charge >= 0.3 is 5.69 Å².